The highest BCUT2D eigenvalue weighted by Crippen LogP contribution is 2.10. The number of halogens is 1. The van der Waals surface area contributed by atoms with Gasteiger partial charge in [-0.25, -0.2) is 0 Å². The minimum Gasteiger partial charge on any atom is -0.369 e. The normalized spacial score (nSPS) is 17.0. The molecule has 1 heterocycles. The maximum absolute atomic E-state index is 11.0. The second-order valence-electron chi connectivity index (χ2n) is 6.06. The van der Waals surface area contributed by atoms with E-state index in [0.29, 0.717) is 18.5 Å². The van der Waals surface area contributed by atoms with Crippen molar-refractivity contribution >= 4 is 35.8 Å². The molecule has 1 saturated heterocycles. The van der Waals surface area contributed by atoms with Gasteiger partial charge in [0.15, 0.2) is 5.96 Å². The van der Waals surface area contributed by atoms with Gasteiger partial charge in [-0.1, -0.05) is 26.7 Å². The molecule has 0 bridgehead atoms. The van der Waals surface area contributed by atoms with Crippen LogP contribution in [0.4, 0.5) is 0 Å². The molecule has 0 aromatic heterocycles. The van der Waals surface area contributed by atoms with E-state index >= 15 is 0 Å². The lowest BCUT2D eigenvalue weighted by atomic mass is 10.0. The average molecular weight is 439 g/mol. The Hall–Kier alpha value is -0.570. The molecule has 4 N–H and O–H groups in total. The third-order valence-electron chi connectivity index (χ3n) is 4.31. The summed E-state index contributed by atoms with van der Waals surface area (Å²) in [5.74, 6) is 1.34. The first kappa shape index (κ1) is 22.4. The fourth-order valence-corrected chi connectivity index (χ4v) is 2.74. The molecule has 0 spiro atoms. The number of rotatable bonds is 8. The Bertz CT molecular complexity index is 352. The molecule has 0 aromatic rings. The molecule has 1 aliphatic rings. The van der Waals surface area contributed by atoms with Crippen LogP contribution in [0.1, 0.15) is 46.5 Å². The number of hydrogen-bond acceptors (Lipinski definition) is 3. The highest BCUT2D eigenvalue weighted by atomic mass is 127. The molecule has 0 radical (unpaired) electrons. The molecule has 0 aliphatic carbocycles. The molecule has 23 heavy (non-hydrogen) atoms. The van der Waals surface area contributed by atoms with Crippen LogP contribution in [0, 0.1) is 5.92 Å². The quantitative estimate of drug-likeness (QED) is 0.305. The number of likely N-dealkylation sites (tertiary alicyclic amines) is 1. The second kappa shape index (κ2) is 12.8. The van der Waals surface area contributed by atoms with E-state index in [0.717, 1.165) is 45.0 Å². The van der Waals surface area contributed by atoms with E-state index in [2.05, 4.69) is 36.3 Å². The number of piperidine rings is 1. The van der Waals surface area contributed by atoms with E-state index in [-0.39, 0.29) is 29.9 Å². The maximum atomic E-state index is 11.0. The summed E-state index contributed by atoms with van der Waals surface area (Å²) in [7, 11) is 0. The lowest BCUT2D eigenvalue weighted by Gasteiger charge is -2.32. The number of nitrogens with zero attached hydrogens (tertiary/aromatic N) is 2. The predicted molar refractivity (Wildman–Crippen MR) is 107 cm³/mol. The lowest BCUT2D eigenvalue weighted by molar-refractivity contribution is -0.119. The van der Waals surface area contributed by atoms with E-state index in [1.807, 2.05) is 0 Å². The predicted octanol–water partition coefficient (Wildman–Crippen LogP) is 1.55. The van der Waals surface area contributed by atoms with Crippen molar-refractivity contribution in [1.29, 1.82) is 0 Å². The Labute approximate surface area is 158 Å². The monoisotopic (exact) mass is 439 g/mol. The molecule has 1 rings (SSSR count). The van der Waals surface area contributed by atoms with Gasteiger partial charge in [-0.2, -0.15) is 0 Å². The van der Waals surface area contributed by atoms with Gasteiger partial charge >= 0.3 is 0 Å². The van der Waals surface area contributed by atoms with Crippen LogP contribution in [-0.2, 0) is 4.79 Å². The number of carbonyl (C=O) groups excluding carboxylic acids is 1. The first-order valence-corrected chi connectivity index (χ1v) is 8.64. The molecule has 1 aliphatic heterocycles. The lowest BCUT2D eigenvalue weighted by Crippen LogP contribution is -2.49. The number of aliphatic imine (C=N–C) groups is 1. The van der Waals surface area contributed by atoms with E-state index in [4.69, 9.17) is 10.7 Å². The molecule has 0 saturated carbocycles. The smallest absolute Gasteiger partial charge is 0.231 e. The maximum Gasteiger partial charge on any atom is 0.231 e. The Morgan fingerprint density at radius 3 is 2.35 bits per heavy atom. The molecule has 1 amide bonds. The minimum absolute atomic E-state index is 0. The zero-order valence-electron chi connectivity index (χ0n) is 14.8. The first-order chi connectivity index (χ1) is 10.6. The van der Waals surface area contributed by atoms with Crippen molar-refractivity contribution < 1.29 is 4.79 Å². The third kappa shape index (κ3) is 9.34. The molecule has 136 valence electrons. The number of guanidine groups is 1. The average Bonchev–Trinajstić information content (AvgIpc) is 2.50. The molecule has 0 unspecified atom stereocenters. The topological polar surface area (TPSA) is 82.8 Å². The Kier molecular flexibility index (Phi) is 12.5. The molecule has 0 aromatic carbocycles. The SMILES string of the molecule is CCNC(=NCC(CC)CC)NC1CCN(CC(N)=O)CC1.I. The molecular weight excluding hydrogens is 405 g/mol. The zero-order valence-corrected chi connectivity index (χ0v) is 17.1. The number of hydrogen-bond donors (Lipinski definition) is 3. The summed E-state index contributed by atoms with van der Waals surface area (Å²) in [5.41, 5.74) is 5.25. The van der Waals surface area contributed by atoms with Crippen LogP contribution >= 0.6 is 24.0 Å². The van der Waals surface area contributed by atoms with Crippen LogP contribution in [0.5, 0.6) is 0 Å². The van der Waals surface area contributed by atoms with Gasteiger partial charge in [0.2, 0.25) is 5.91 Å². The van der Waals surface area contributed by atoms with E-state index < -0.39 is 0 Å². The fourth-order valence-electron chi connectivity index (χ4n) is 2.74. The van der Waals surface area contributed by atoms with Crippen LogP contribution in [0.2, 0.25) is 0 Å². The van der Waals surface area contributed by atoms with Crippen LogP contribution in [-0.4, -0.2) is 55.5 Å². The van der Waals surface area contributed by atoms with Crippen LogP contribution in [0.3, 0.4) is 0 Å². The first-order valence-electron chi connectivity index (χ1n) is 8.64. The van der Waals surface area contributed by atoms with Gasteiger partial charge < -0.3 is 16.4 Å². The van der Waals surface area contributed by atoms with Gasteiger partial charge in [0.1, 0.15) is 0 Å². The third-order valence-corrected chi connectivity index (χ3v) is 4.31. The van der Waals surface area contributed by atoms with Gasteiger partial charge in [0.25, 0.3) is 0 Å². The number of carbonyl (C=O) groups is 1. The van der Waals surface area contributed by atoms with Crippen molar-refractivity contribution in [3.8, 4) is 0 Å². The summed E-state index contributed by atoms with van der Waals surface area (Å²) >= 11 is 0. The standard InChI is InChI=1S/C16H33N5O.HI/c1-4-13(5-2)11-19-16(18-6-3)20-14-7-9-21(10-8-14)12-15(17)22;/h13-14H,4-12H2,1-3H3,(H2,17,22)(H2,18,19,20);1H. The number of amides is 1. The molecule has 1 fully saturated rings. The van der Waals surface area contributed by atoms with Crippen molar-refractivity contribution in [2.24, 2.45) is 16.6 Å². The van der Waals surface area contributed by atoms with Crippen molar-refractivity contribution in [3.05, 3.63) is 0 Å². The van der Waals surface area contributed by atoms with E-state index in [1.165, 1.54) is 12.8 Å². The van der Waals surface area contributed by atoms with Crippen molar-refractivity contribution in [1.82, 2.24) is 15.5 Å². The largest absolute Gasteiger partial charge is 0.369 e. The van der Waals surface area contributed by atoms with Crippen molar-refractivity contribution in [2.75, 3.05) is 32.7 Å². The van der Waals surface area contributed by atoms with Crippen LogP contribution in [0.25, 0.3) is 0 Å². The van der Waals surface area contributed by atoms with Crippen LogP contribution in [0.15, 0.2) is 4.99 Å². The minimum atomic E-state index is -0.244. The Balaban J connectivity index is 0.00000484. The molecular formula is C16H34IN5O. The molecule has 6 nitrogen and oxygen atoms in total. The Morgan fingerprint density at radius 2 is 1.87 bits per heavy atom. The fraction of sp³-hybridized carbons (Fsp3) is 0.875. The van der Waals surface area contributed by atoms with Crippen LogP contribution < -0.4 is 16.4 Å². The summed E-state index contributed by atoms with van der Waals surface area (Å²) in [6, 6.07) is 0.420. The van der Waals surface area contributed by atoms with Gasteiger partial charge in [0.05, 0.1) is 6.54 Å². The summed E-state index contributed by atoms with van der Waals surface area (Å²) in [5, 5.41) is 6.86. The molecule has 0 atom stereocenters. The zero-order chi connectivity index (χ0) is 16.4. The summed E-state index contributed by atoms with van der Waals surface area (Å²) in [6.45, 7) is 10.5. The van der Waals surface area contributed by atoms with E-state index in [1.54, 1.807) is 0 Å². The van der Waals surface area contributed by atoms with Gasteiger partial charge in [-0.05, 0) is 25.7 Å². The van der Waals surface area contributed by atoms with Crippen molar-refractivity contribution in [2.45, 2.75) is 52.5 Å². The summed E-state index contributed by atoms with van der Waals surface area (Å²) in [4.78, 5) is 17.8. The second-order valence-corrected chi connectivity index (χ2v) is 6.06. The Morgan fingerprint density at radius 1 is 1.26 bits per heavy atom. The summed E-state index contributed by atoms with van der Waals surface area (Å²) < 4.78 is 0. The number of nitrogens with two attached hydrogens (primary N) is 1. The number of primary amides is 1. The molecule has 7 heteroatoms. The van der Waals surface area contributed by atoms with Gasteiger partial charge in [-0.15, -0.1) is 24.0 Å². The van der Waals surface area contributed by atoms with Gasteiger partial charge in [0, 0.05) is 32.2 Å². The number of nitrogens with one attached hydrogen (secondary N) is 2. The van der Waals surface area contributed by atoms with Crippen molar-refractivity contribution in [3.63, 3.8) is 0 Å². The van der Waals surface area contributed by atoms with Gasteiger partial charge in [-0.3, -0.25) is 14.7 Å². The highest BCUT2D eigenvalue weighted by molar-refractivity contribution is 14.0. The summed E-state index contributed by atoms with van der Waals surface area (Å²) in [6.07, 6.45) is 4.38. The highest BCUT2D eigenvalue weighted by Gasteiger charge is 2.20. The van der Waals surface area contributed by atoms with E-state index in [9.17, 15) is 4.79 Å².